The second kappa shape index (κ2) is 6.91. The highest BCUT2D eigenvalue weighted by Crippen LogP contribution is 2.31. The van der Waals surface area contributed by atoms with Crippen LogP contribution in [0, 0.1) is 6.92 Å². The van der Waals surface area contributed by atoms with Gasteiger partial charge in [-0.25, -0.2) is 4.98 Å². The van der Waals surface area contributed by atoms with E-state index in [1.165, 1.54) is 0 Å². The van der Waals surface area contributed by atoms with Gasteiger partial charge in [0, 0.05) is 23.8 Å². The van der Waals surface area contributed by atoms with Gasteiger partial charge in [0.05, 0.1) is 0 Å². The zero-order chi connectivity index (χ0) is 17.0. The van der Waals surface area contributed by atoms with Crippen molar-refractivity contribution in [1.82, 2.24) is 4.98 Å². The lowest BCUT2D eigenvalue weighted by molar-refractivity contribution is -0.140. The van der Waals surface area contributed by atoms with Gasteiger partial charge in [-0.1, -0.05) is 29.8 Å². The van der Waals surface area contributed by atoms with E-state index in [2.05, 4.69) is 10.3 Å². The van der Waals surface area contributed by atoms with Crippen molar-refractivity contribution >= 4 is 28.2 Å². The average Bonchev–Trinajstić information content (AvgIpc) is 2.94. The molecule has 2 rings (SSSR count). The molecule has 1 aromatic carbocycles. The van der Waals surface area contributed by atoms with Crippen LogP contribution in [0.3, 0.4) is 0 Å². The minimum Gasteiger partial charge on any atom is -0.302 e. The van der Waals surface area contributed by atoms with Crippen molar-refractivity contribution in [3.05, 3.63) is 46.5 Å². The van der Waals surface area contributed by atoms with Gasteiger partial charge < -0.3 is 5.32 Å². The molecule has 1 amide bonds. The summed E-state index contributed by atoms with van der Waals surface area (Å²) in [6.07, 6.45) is -4.68. The zero-order valence-corrected chi connectivity index (χ0v) is 12.9. The highest BCUT2D eigenvalue weighted by molar-refractivity contribution is 7.13. The smallest absolute Gasteiger partial charge is 0.302 e. The molecular formula is C15H13F3N2O2S. The summed E-state index contributed by atoms with van der Waals surface area (Å²) in [4.78, 5) is 26.9. The molecule has 0 unspecified atom stereocenters. The fourth-order valence-corrected chi connectivity index (χ4v) is 2.49. The van der Waals surface area contributed by atoms with Crippen LogP contribution in [0.25, 0.3) is 0 Å². The third kappa shape index (κ3) is 4.88. The number of anilines is 1. The van der Waals surface area contributed by atoms with Crippen molar-refractivity contribution in [2.24, 2.45) is 0 Å². The number of rotatable bonds is 5. The van der Waals surface area contributed by atoms with Gasteiger partial charge >= 0.3 is 6.18 Å². The maximum Gasteiger partial charge on any atom is 0.434 e. The number of thiazole rings is 1. The highest BCUT2D eigenvalue weighted by atomic mass is 32.1. The maximum atomic E-state index is 12.4. The van der Waals surface area contributed by atoms with Gasteiger partial charge in [0.2, 0.25) is 5.91 Å². The lowest BCUT2D eigenvalue weighted by Crippen LogP contribution is -2.14. The molecule has 8 heteroatoms. The fraction of sp³-hybridized carbons (Fsp3) is 0.267. The molecule has 0 saturated heterocycles. The van der Waals surface area contributed by atoms with Crippen LogP contribution in [0.15, 0.2) is 29.6 Å². The molecular weight excluding hydrogens is 329 g/mol. The lowest BCUT2D eigenvalue weighted by Gasteiger charge is -2.03. The molecule has 0 aliphatic heterocycles. The van der Waals surface area contributed by atoms with Crippen LogP contribution in [0.1, 0.15) is 34.5 Å². The number of hydrogen-bond acceptors (Lipinski definition) is 4. The third-order valence-corrected chi connectivity index (χ3v) is 3.75. The summed E-state index contributed by atoms with van der Waals surface area (Å²) >= 11 is 0.689. The van der Waals surface area contributed by atoms with Crippen molar-refractivity contribution in [3.63, 3.8) is 0 Å². The van der Waals surface area contributed by atoms with Crippen LogP contribution in [0.2, 0.25) is 0 Å². The maximum absolute atomic E-state index is 12.4. The molecule has 0 bridgehead atoms. The van der Waals surface area contributed by atoms with Gasteiger partial charge in [-0.3, -0.25) is 9.59 Å². The van der Waals surface area contributed by atoms with E-state index < -0.39 is 17.8 Å². The van der Waals surface area contributed by atoms with Crippen molar-refractivity contribution in [2.75, 3.05) is 5.32 Å². The van der Waals surface area contributed by atoms with E-state index in [0.717, 1.165) is 10.9 Å². The quantitative estimate of drug-likeness (QED) is 0.833. The number of ketones is 1. The Labute approximate surface area is 134 Å². The zero-order valence-electron chi connectivity index (χ0n) is 12.1. The summed E-state index contributed by atoms with van der Waals surface area (Å²) in [5, 5.41) is 2.96. The van der Waals surface area contributed by atoms with E-state index in [1.807, 2.05) is 6.92 Å². The van der Waals surface area contributed by atoms with Crippen LogP contribution >= 0.6 is 11.3 Å². The highest BCUT2D eigenvalue weighted by Gasteiger charge is 2.33. The first-order chi connectivity index (χ1) is 10.8. The van der Waals surface area contributed by atoms with E-state index >= 15 is 0 Å². The second-order valence-electron chi connectivity index (χ2n) is 4.87. The Morgan fingerprint density at radius 2 is 1.83 bits per heavy atom. The fourth-order valence-electron chi connectivity index (χ4n) is 1.75. The number of amides is 1. The van der Waals surface area contributed by atoms with Crippen molar-refractivity contribution < 1.29 is 22.8 Å². The molecule has 0 atom stereocenters. The number of alkyl halides is 3. The summed E-state index contributed by atoms with van der Waals surface area (Å²) in [6, 6.07) is 6.93. The average molecular weight is 342 g/mol. The van der Waals surface area contributed by atoms with Crippen molar-refractivity contribution in [3.8, 4) is 0 Å². The second-order valence-corrected chi connectivity index (χ2v) is 5.73. The lowest BCUT2D eigenvalue weighted by atomic mass is 10.1. The molecule has 0 radical (unpaired) electrons. The molecule has 0 spiro atoms. The van der Waals surface area contributed by atoms with E-state index in [1.54, 1.807) is 24.3 Å². The summed E-state index contributed by atoms with van der Waals surface area (Å²) in [5.41, 5.74) is 0.467. The van der Waals surface area contributed by atoms with Crippen molar-refractivity contribution in [2.45, 2.75) is 25.9 Å². The number of nitrogens with one attached hydrogen (secondary N) is 1. The Bertz CT molecular complexity index is 708. The van der Waals surface area contributed by atoms with E-state index in [0.29, 0.717) is 16.9 Å². The van der Waals surface area contributed by atoms with E-state index in [-0.39, 0.29) is 23.8 Å². The normalized spacial score (nSPS) is 11.3. The Morgan fingerprint density at radius 3 is 2.39 bits per heavy atom. The van der Waals surface area contributed by atoms with Gasteiger partial charge in [-0.05, 0) is 6.92 Å². The molecule has 122 valence electrons. The van der Waals surface area contributed by atoms with Crippen LogP contribution in [0.5, 0.6) is 0 Å². The standard InChI is InChI=1S/C15H13F3N2O2S/c1-9-2-4-10(5-3-9)11(21)6-7-13(22)20-14-19-12(8-23-14)15(16,17)18/h2-5,8H,6-7H2,1H3,(H,19,20,22). The number of aromatic nitrogens is 1. The van der Waals surface area contributed by atoms with E-state index in [9.17, 15) is 22.8 Å². The third-order valence-electron chi connectivity index (χ3n) is 2.99. The Kier molecular flexibility index (Phi) is 5.15. The SMILES string of the molecule is Cc1ccc(C(=O)CCC(=O)Nc2nc(C(F)(F)F)cs2)cc1. The van der Waals surface area contributed by atoms with E-state index in [4.69, 9.17) is 0 Å². The summed E-state index contributed by atoms with van der Waals surface area (Å²) < 4.78 is 37.2. The molecule has 0 aliphatic carbocycles. The first-order valence-electron chi connectivity index (χ1n) is 6.68. The van der Waals surface area contributed by atoms with Crippen LogP contribution in [-0.2, 0) is 11.0 Å². The van der Waals surface area contributed by atoms with Crippen LogP contribution in [-0.4, -0.2) is 16.7 Å². The molecule has 2 aromatic rings. The number of aryl methyl sites for hydroxylation is 1. The summed E-state index contributed by atoms with van der Waals surface area (Å²) in [7, 11) is 0. The van der Waals surface area contributed by atoms with Crippen molar-refractivity contribution in [1.29, 1.82) is 0 Å². The molecule has 1 N–H and O–H groups in total. The number of hydrogen-bond donors (Lipinski definition) is 1. The molecule has 1 heterocycles. The number of benzene rings is 1. The topological polar surface area (TPSA) is 59.1 Å². The first-order valence-corrected chi connectivity index (χ1v) is 7.56. The predicted octanol–water partition coefficient (Wildman–Crippen LogP) is 4.07. The van der Waals surface area contributed by atoms with Gasteiger partial charge in [-0.2, -0.15) is 13.2 Å². The number of carbonyl (C=O) groups excluding carboxylic acids is 2. The number of halogens is 3. The van der Waals surface area contributed by atoms with Crippen LogP contribution in [0.4, 0.5) is 18.3 Å². The molecule has 23 heavy (non-hydrogen) atoms. The molecule has 1 aromatic heterocycles. The Hall–Kier alpha value is -2.22. The number of Topliss-reactive ketones (excluding diaryl/α,β-unsaturated/α-hetero) is 1. The molecule has 0 aliphatic rings. The van der Waals surface area contributed by atoms with Gasteiger partial charge in [0.15, 0.2) is 16.6 Å². The molecule has 4 nitrogen and oxygen atoms in total. The Morgan fingerprint density at radius 1 is 1.17 bits per heavy atom. The first kappa shape index (κ1) is 17.1. The predicted molar refractivity (Wildman–Crippen MR) is 80.5 cm³/mol. The number of nitrogens with zero attached hydrogens (tertiary/aromatic N) is 1. The minimum absolute atomic E-state index is 0.0214. The van der Waals surface area contributed by atoms with Gasteiger partial charge in [-0.15, -0.1) is 11.3 Å². The van der Waals surface area contributed by atoms with Crippen LogP contribution < -0.4 is 5.32 Å². The summed E-state index contributed by atoms with van der Waals surface area (Å²) in [5.74, 6) is -0.746. The van der Waals surface area contributed by atoms with Gasteiger partial charge in [0.25, 0.3) is 0 Å². The Balaban J connectivity index is 1.86. The largest absolute Gasteiger partial charge is 0.434 e. The summed E-state index contributed by atoms with van der Waals surface area (Å²) in [6.45, 7) is 1.89. The monoisotopic (exact) mass is 342 g/mol. The number of carbonyl (C=O) groups is 2. The van der Waals surface area contributed by atoms with Gasteiger partial charge in [0.1, 0.15) is 0 Å². The molecule has 0 saturated carbocycles. The molecule has 0 fully saturated rings. The minimum atomic E-state index is -4.54.